The monoisotopic (exact) mass is 236 g/mol. The smallest absolute Gasteiger partial charge is 0.117 e. The van der Waals surface area contributed by atoms with Crippen molar-refractivity contribution < 1.29 is 10.1 Å². The summed E-state index contributed by atoms with van der Waals surface area (Å²) in [4.78, 5) is 4.73. The van der Waals surface area contributed by atoms with E-state index in [-0.39, 0.29) is 11.5 Å². The Kier molecular flexibility index (Phi) is 3.46. The molecular weight excluding hydrogens is 212 g/mol. The highest BCUT2D eigenvalue weighted by Gasteiger charge is 2.61. The average Bonchev–Trinajstić information content (AvgIpc) is 2.79. The Morgan fingerprint density at radius 2 is 2.12 bits per heavy atom. The van der Waals surface area contributed by atoms with Crippen molar-refractivity contribution in [1.82, 2.24) is 0 Å². The molecule has 0 aromatic heterocycles. The van der Waals surface area contributed by atoms with E-state index in [2.05, 4.69) is 33.4 Å². The van der Waals surface area contributed by atoms with Crippen molar-refractivity contribution in [3.8, 4) is 0 Å². The summed E-state index contributed by atoms with van der Waals surface area (Å²) in [6.07, 6.45) is 6.45. The van der Waals surface area contributed by atoms with Crippen molar-refractivity contribution in [2.24, 2.45) is 17.3 Å². The maximum Gasteiger partial charge on any atom is 0.117 e. The van der Waals surface area contributed by atoms with Crippen LogP contribution in [0.2, 0.25) is 0 Å². The Labute approximate surface area is 104 Å². The van der Waals surface area contributed by atoms with Gasteiger partial charge in [-0.3, -0.25) is 5.26 Å². The van der Waals surface area contributed by atoms with Gasteiger partial charge in [0.25, 0.3) is 0 Å². The van der Waals surface area contributed by atoms with Gasteiger partial charge in [-0.1, -0.05) is 32.1 Å². The number of hydrogen-bond donors (Lipinski definition) is 1. The number of allylic oxidation sites excluding steroid dienone is 2. The molecule has 0 radical (unpaired) electrons. The quantitative estimate of drug-likeness (QED) is 0.420. The van der Waals surface area contributed by atoms with Crippen LogP contribution in [-0.4, -0.2) is 11.4 Å². The van der Waals surface area contributed by atoms with Gasteiger partial charge < -0.3 is 0 Å². The number of fused-ring (bicyclic) bond motifs is 1. The van der Waals surface area contributed by atoms with Crippen molar-refractivity contribution in [2.75, 3.05) is 0 Å². The van der Waals surface area contributed by atoms with Crippen LogP contribution in [0.5, 0.6) is 0 Å². The maximum atomic E-state index is 9.15. The van der Waals surface area contributed by atoms with E-state index >= 15 is 0 Å². The van der Waals surface area contributed by atoms with Gasteiger partial charge in [0.2, 0.25) is 0 Å². The standard InChI is InChI=1S/C15H24O2/c1-10-6-5-7-11(2)14(17-16)13-12(9-8-10)15(13,3)4/h6,12-14,16H,2,5,7-9H2,1,3-4H3/b10-6-/t12-,13+,14+/m1/s1. The summed E-state index contributed by atoms with van der Waals surface area (Å²) in [6.45, 7) is 10.9. The predicted octanol–water partition coefficient (Wildman–Crippen LogP) is 4.19. The van der Waals surface area contributed by atoms with Crippen LogP contribution >= 0.6 is 0 Å². The molecule has 1 N–H and O–H groups in total. The van der Waals surface area contributed by atoms with E-state index in [0.717, 1.165) is 18.4 Å². The van der Waals surface area contributed by atoms with Gasteiger partial charge in [-0.15, -0.1) is 0 Å². The molecule has 2 nitrogen and oxygen atoms in total. The fourth-order valence-corrected chi connectivity index (χ4v) is 3.46. The zero-order valence-electron chi connectivity index (χ0n) is 11.2. The van der Waals surface area contributed by atoms with Gasteiger partial charge in [0.1, 0.15) is 6.10 Å². The first kappa shape index (κ1) is 12.8. The first-order valence-electron chi connectivity index (χ1n) is 6.62. The first-order chi connectivity index (χ1) is 7.98. The lowest BCUT2D eigenvalue weighted by atomic mass is 9.96. The highest BCUT2D eigenvalue weighted by Crippen LogP contribution is 2.63. The molecular formula is C15H24O2. The summed E-state index contributed by atoms with van der Waals surface area (Å²) in [5.41, 5.74) is 2.81. The van der Waals surface area contributed by atoms with E-state index in [1.807, 2.05) is 0 Å². The molecule has 0 aliphatic heterocycles. The Balaban J connectivity index is 2.18. The summed E-state index contributed by atoms with van der Waals surface area (Å²) in [7, 11) is 0. The molecule has 3 atom stereocenters. The summed E-state index contributed by atoms with van der Waals surface area (Å²) in [5.74, 6) is 1.09. The second-order valence-electron chi connectivity index (χ2n) is 6.27. The van der Waals surface area contributed by atoms with E-state index in [1.54, 1.807) is 0 Å². The van der Waals surface area contributed by atoms with E-state index in [0.29, 0.717) is 11.8 Å². The largest absolute Gasteiger partial charge is 0.251 e. The molecule has 1 fully saturated rings. The molecule has 2 aliphatic carbocycles. The van der Waals surface area contributed by atoms with E-state index in [4.69, 9.17) is 10.1 Å². The third-order valence-electron chi connectivity index (χ3n) is 4.79. The van der Waals surface area contributed by atoms with Gasteiger partial charge in [0.05, 0.1) is 0 Å². The molecule has 0 saturated heterocycles. The van der Waals surface area contributed by atoms with Crippen LogP contribution in [0.3, 0.4) is 0 Å². The van der Waals surface area contributed by atoms with Crippen LogP contribution < -0.4 is 0 Å². The van der Waals surface area contributed by atoms with Gasteiger partial charge in [-0.25, -0.2) is 4.89 Å². The van der Waals surface area contributed by atoms with Crippen LogP contribution in [0, 0.1) is 17.3 Å². The molecule has 2 heteroatoms. The van der Waals surface area contributed by atoms with Crippen LogP contribution in [0.15, 0.2) is 23.8 Å². The molecule has 0 aromatic carbocycles. The van der Waals surface area contributed by atoms with E-state index < -0.39 is 0 Å². The second-order valence-corrected chi connectivity index (χ2v) is 6.27. The Morgan fingerprint density at radius 1 is 1.41 bits per heavy atom. The molecule has 0 amide bonds. The molecule has 0 unspecified atom stereocenters. The van der Waals surface area contributed by atoms with Crippen molar-refractivity contribution in [2.45, 2.75) is 52.6 Å². The van der Waals surface area contributed by atoms with Crippen molar-refractivity contribution in [1.29, 1.82) is 0 Å². The second kappa shape index (κ2) is 4.58. The van der Waals surface area contributed by atoms with Crippen LogP contribution in [0.4, 0.5) is 0 Å². The zero-order chi connectivity index (χ0) is 12.6. The molecule has 0 bridgehead atoms. The molecule has 0 aromatic rings. The summed E-state index contributed by atoms with van der Waals surface area (Å²) >= 11 is 0. The SMILES string of the molecule is C=C1CC/C=C(/C)CC[C@@H]2[C@@H]([C@H]1OO)C2(C)C. The van der Waals surface area contributed by atoms with Gasteiger partial charge in [-0.2, -0.15) is 0 Å². The van der Waals surface area contributed by atoms with Crippen molar-refractivity contribution >= 4 is 0 Å². The Hall–Kier alpha value is -0.600. The summed E-state index contributed by atoms with van der Waals surface area (Å²) in [5, 5.41) is 9.15. The topological polar surface area (TPSA) is 29.5 Å². The lowest BCUT2D eigenvalue weighted by Gasteiger charge is -2.18. The molecule has 2 rings (SSSR count). The summed E-state index contributed by atoms with van der Waals surface area (Å²) < 4.78 is 0. The van der Waals surface area contributed by atoms with Gasteiger partial charge in [0, 0.05) is 5.92 Å². The fraction of sp³-hybridized carbons (Fsp3) is 0.733. The fourth-order valence-electron chi connectivity index (χ4n) is 3.46. The summed E-state index contributed by atoms with van der Waals surface area (Å²) in [6, 6.07) is 0. The number of hydrogen-bond acceptors (Lipinski definition) is 2. The van der Waals surface area contributed by atoms with Crippen LogP contribution in [0.25, 0.3) is 0 Å². The van der Waals surface area contributed by atoms with E-state index in [1.165, 1.54) is 18.4 Å². The zero-order valence-corrected chi connectivity index (χ0v) is 11.2. The normalized spacial score (nSPS) is 40.1. The average molecular weight is 236 g/mol. The molecule has 17 heavy (non-hydrogen) atoms. The van der Waals surface area contributed by atoms with Crippen molar-refractivity contribution in [3.05, 3.63) is 23.8 Å². The Morgan fingerprint density at radius 3 is 2.76 bits per heavy atom. The van der Waals surface area contributed by atoms with Crippen molar-refractivity contribution in [3.63, 3.8) is 0 Å². The highest BCUT2D eigenvalue weighted by molar-refractivity contribution is 5.19. The first-order valence-corrected chi connectivity index (χ1v) is 6.62. The molecule has 0 heterocycles. The van der Waals surface area contributed by atoms with E-state index in [9.17, 15) is 0 Å². The molecule has 0 spiro atoms. The minimum absolute atomic E-state index is 0.165. The Bertz CT molecular complexity index is 341. The van der Waals surface area contributed by atoms with Crippen LogP contribution in [-0.2, 0) is 4.89 Å². The third-order valence-corrected chi connectivity index (χ3v) is 4.79. The van der Waals surface area contributed by atoms with Gasteiger partial charge in [0.15, 0.2) is 0 Å². The molecule has 2 aliphatic rings. The van der Waals surface area contributed by atoms with Crippen LogP contribution in [0.1, 0.15) is 46.5 Å². The van der Waals surface area contributed by atoms with Gasteiger partial charge in [-0.05, 0) is 49.5 Å². The predicted molar refractivity (Wildman–Crippen MR) is 69.6 cm³/mol. The third kappa shape index (κ3) is 2.34. The molecule has 96 valence electrons. The lowest BCUT2D eigenvalue weighted by molar-refractivity contribution is -0.275. The lowest BCUT2D eigenvalue weighted by Crippen LogP contribution is -2.19. The maximum absolute atomic E-state index is 9.15. The minimum atomic E-state index is -0.165. The molecule has 1 saturated carbocycles. The highest BCUT2D eigenvalue weighted by atomic mass is 17.1. The van der Waals surface area contributed by atoms with Gasteiger partial charge >= 0.3 is 0 Å². The number of rotatable bonds is 1. The minimum Gasteiger partial charge on any atom is -0.251 e.